The van der Waals surface area contributed by atoms with Crippen molar-refractivity contribution in [1.82, 2.24) is 10.2 Å². The Morgan fingerprint density at radius 2 is 1.63 bits per heavy atom. The van der Waals surface area contributed by atoms with Crippen LogP contribution in [0.2, 0.25) is 0 Å². The van der Waals surface area contributed by atoms with Gasteiger partial charge in [-0.05, 0) is 70.1 Å². The van der Waals surface area contributed by atoms with E-state index < -0.39 is 35.6 Å². The molecule has 1 aliphatic rings. The zero-order valence-corrected chi connectivity index (χ0v) is 23.7. The van der Waals surface area contributed by atoms with Gasteiger partial charge in [0.15, 0.2) is 0 Å². The summed E-state index contributed by atoms with van der Waals surface area (Å²) in [6.45, 7) is 14.6. The Kier molecular flexibility index (Phi) is 8.75. The van der Waals surface area contributed by atoms with Gasteiger partial charge in [-0.15, -0.1) is 0 Å². The number of ether oxygens (including phenoxy) is 1. The number of nitrogens with one attached hydrogen (secondary N) is 2. The fraction of sp³-hybridized carbons (Fsp3) is 0.500. The van der Waals surface area contributed by atoms with E-state index in [1.165, 1.54) is 0 Å². The molecule has 1 fully saturated rings. The molecule has 3 N–H and O–H groups in total. The van der Waals surface area contributed by atoms with E-state index in [1.807, 2.05) is 45.9 Å². The first-order valence-corrected chi connectivity index (χ1v) is 13.2. The minimum Gasteiger partial charge on any atom is -0.507 e. The van der Waals surface area contributed by atoms with Gasteiger partial charge in [-0.2, -0.15) is 0 Å². The number of aromatic hydroxyl groups is 1. The highest BCUT2D eigenvalue weighted by Crippen LogP contribution is 2.43. The highest BCUT2D eigenvalue weighted by atomic mass is 16.6. The average molecular weight is 524 g/mol. The lowest BCUT2D eigenvalue weighted by Crippen LogP contribution is -2.55. The highest BCUT2D eigenvalue weighted by molar-refractivity contribution is 6.00. The van der Waals surface area contributed by atoms with Gasteiger partial charge in [0.2, 0.25) is 5.91 Å². The molecule has 0 heterocycles. The van der Waals surface area contributed by atoms with E-state index in [-0.39, 0.29) is 23.6 Å². The Morgan fingerprint density at radius 1 is 1.03 bits per heavy atom. The average Bonchev–Trinajstić information content (AvgIpc) is 3.53. The van der Waals surface area contributed by atoms with Crippen LogP contribution in [0.3, 0.4) is 0 Å². The van der Waals surface area contributed by atoms with Crippen LogP contribution in [0.15, 0.2) is 42.5 Å². The van der Waals surface area contributed by atoms with Gasteiger partial charge in [0.05, 0.1) is 0 Å². The maximum Gasteiger partial charge on any atom is 0.408 e. The minimum atomic E-state index is -1.11. The molecule has 1 aliphatic carbocycles. The summed E-state index contributed by atoms with van der Waals surface area (Å²) < 4.78 is 5.43. The number of carbonyl (C=O) groups is 3. The van der Waals surface area contributed by atoms with Gasteiger partial charge in [-0.1, -0.05) is 57.2 Å². The third-order valence-corrected chi connectivity index (χ3v) is 6.78. The molecule has 3 amide bonds. The molecule has 0 aliphatic heterocycles. The molecule has 38 heavy (non-hydrogen) atoms. The number of rotatable bonds is 8. The second-order valence-corrected chi connectivity index (χ2v) is 11.6. The van der Waals surface area contributed by atoms with Crippen LogP contribution >= 0.6 is 0 Å². The molecular formula is C30H41N3O5. The maximum atomic E-state index is 14.2. The minimum absolute atomic E-state index is 0.0373. The molecule has 0 radical (unpaired) electrons. The van der Waals surface area contributed by atoms with Crippen molar-refractivity contribution in [2.24, 2.45) is 11.8 Å². The third kappa shape index (κ3) is 6.85. The SMILES string of the molecule is Cc1ccccc1NC(=O)C(c1cccc(C)c1O)N(C(=O)C(NC(=O)OC(C)(C)C)C(C)C)C1CC1C. The lowest BCUT2D eigenvalue weighted by Gasteiger charge is -2.36. The summed E-state index contributed by atoms with van der Waals surface area (Å²) in [4.78, 5) is 42.5. The quantitative estimate of drug-likeness (QED) is 0.425. The van der Waals surface area contributed by atoms with E-state index in [9.17, 15) is 19.5 Å². The summed E-state index contributed by atoms with van der Waals surface area (Å²) in [6.07, 6.45) is 0.0108. The molecule has 206 valence electrons. The molecular weight excluding hydrogens is 482 g/mol. The second-order valence-electron chi connectivity index (χ2n) is 11.6. The molecule has 8 heteroatoms. The van der Waals surface area contributed by atoms with Crippen molar-refractivity contribution in [2.45, 2.75) is 85.5 Å². The molecule has 0 bridgehead atoms. The first kappa shape index (κ1) is 29.0. The van der Waals surface area contributed by atoms with Crippen LogP contribution in [0.4, 0.5) is 10.5 Å². The van der Waals surface area contributed by atoms with Crippen molar-refractivity contribution >= 4 is 23.6 Å². The smallest absolute Gasteiger partial charge is 0.408 e. The van der Waals surface area contributed by atoms with E-state index in [2.05, 4.69) is 10.6 Å². The van der Waals surface area contributed by atoms with Crippen molar-refractivity contribution in [3.63, 3.8) is 0 Å². The van der Waals surface area contributed by atoms with E-state index in [4.69, 9.17) is 4.74 Å². The number of benzene rings is 2. The number of phenols is 1. The van der Waals surface area contributed by atoms with Crippen molar-refractivity contribution in [2.75, 3.05) is 5.32 Å². The van der Waals surface area contributed by atoms with Gasteiger partial charge in [-0.25, -0.2) is 4.79 Å². The van der Waals surface area contributed by atoms with Gasteiger partial charge in [0.25, 0.3) is 5.91 Å². The molecule has 0 aromatic heterocycles. The number of anilines is 1. The van der Waals surface area contributed by atoms with Crippen LogP contribution in [-0.4, -0.2) is 45.6 Å². The summed E-state index contributed by atoms with van der Waals surface area (Å²) in [7, 11) is 0. The molecule has 4 unspecified atom stereocenters. The van der Waals surface area contributed by atoms with E-state index in [0.29, 0.717) is 23.2 Å². The van der Waals surface area contributed by atoms with E-state index in [1.54, 1.807) is 56.9 Å². The van der Waals surface area contributed by atoms with Crippen molar-refractivity contribution in [3.8, 4) is 5.75 Å². The molecule has 0 spiro atoms. The van der Waals surface area contributed by atoms with Gasteiger partial charge < -0.3 is 25.4 Å². The molecule has 3 rings (SSSR count). The number of para-hydroxylation sites is 2. The lowest BCUT2D eigenvalue weighted by molar-refractivity contribution is -0.142. The molecule has 1 saturated carbocycles. The summed E-state index contributed by atoms with van der Waals surface area (Å²) in [6, 6.07) is 10.3. The second kappa shape index (κ2) is 11.5. The number of phenolic OH excluding ortho intramolecular Hbond substituents is 1. The molecule has 4 atom stereocenters. The number of aryl methyl sites for hydroxylation is 2. The van der Waals surface area contributed by atoms with E-state index >= 15 is 0 Å². The summed E-state index contributed by atoms with van der Waals surface area (Å²) in [5.74, 6) is -0.991. The van der Waals surface area contributed by atoms with Gasteiger partial charge >= 0.3 is 6.09 Å². The monoisotopic (exact) mass is 523 g/mol. The molecule has 2 aromatic rings. The van der Waals surface area contributed by atoms with Crippen LogP contribution in [0.25, 0.3) is 0 Å². The van der Waals surface area contributed by atoms with Gasteiger partial charge in [0.1, 0.15) is 23.4 Å². The van der Waals surface area contributed by atoms with Crippen LogP contribution in [-0.2, 0) is 14.3 Å². The number of nitrogens with zero attached hydrogens (tertiary/aromatic N) is 1. The summed E-state index contributed by atoms with van der Waals surface area (Å²) in [5, 5.41) is 16.8. The van der Waals surface area contributed by atoms with Crippen LogP contribution in [0.1, 0.15) is 70.7 Å². The molecule has 2 aromatic carbocycles. The number of amides is 3. The Labute approximate surface area is 225 Å². The van der Waals surface area contributed by atoms with Crippen molar-refractivity contribution in [1.29, 1.82) is 0 Å². The predicted octanol–water partition coefficient (Wildman–Crippen LogP) is 5.48. The highest BCUT2D eigenvalue weighted by Gasteiger charge is 2.49. The standard InChI is InChI=1S/C30H41N3O5/c1-17(2)24(32-29(37)38-30(6,7)8)28(36)33(23-16-20(23)5)25(21-14-11-13-19(4)26(21)34)27(35)31-22-15-10-9-12-18(22)3/h9-15,17,20,23-25,34H,16H2,1-8H3,(H,31,35)(H,32,37). The Bertz CT molecular complexity index is 1190. The Hall–Kier alpha value is -3.55. The van der Waals surface area contributed by atoms with Crippen LogP contribution in [0.5, 0.6) is 5.75 Å². The number of hydrogen-bond acceptors (Lipinski definition) is 5. The molecule has 8 nitrogen and oxygen atoms in total. The Morgan fingerprint density at radius 3 is 2.18 bits per heavy atom. The van der Waals surface area contributed by atoms with Crippen molar-refractivity contribution < 1.29 is 24.2 Å². The normalized spacial score (nSPS) is 18.3. The van der Waals surface area contributed by atoms with E-state index in [0.717, 1.165) is 5.56 Å². The fourth-order valence-electron chi connectivity index (χ4n) is 4.51. The predicted molar refractivity (Wildman–Crippen MR) is 148 cm³/mol. The zero-order chi connectivity index (χ0) is 28.4. The topological polar surface area (TPSA) is 108 Å². The Balaban J connectivity index is 2.07. The third-order valence-electron chi connectivity index (χ3n) is 6.78. The first-order valence-electron chi connectivity index (χ1n) is 13.2. The lowest BCUT2D eigenvalue weighted by atomic mass is 9.96. The first-order chi connectivity index (χ1) is 17.7. The molecule has 0 saturated heterocycles. The van der Waals surface area contributed by atoms with Crippen LogP contribution < -0.4 is 10.6 Å². The van der Waals surface area contributed by atoms with Crippen LogP contribution in [0, 0.1) is 25.7 Å². The number of alkyl carbamates (subject to hydrolysis) is 1. The zero-order valence-electron chi connectivity index (χ0n) is 23.7. The van der Waals surface area contributed by atoms with Gasteiger partial charge in [-0.3, -0.25) is 9.59 Å². The summed E-state index contributed by atoms with van der Waals surface area (Å²) in [5.41, 5.74) is 1.70. The largest absolute Gasteiger partial charge is 0.507 e. The fourth-order valence-corrected chi connectivity index (χ4v) is 4.51. The van der Waals surface area contributed by atoms with Gasteiger partial charge in [0, 0.05) is 17.3 Å². The number of carbonyl (C=O) groups excluding carboxylic acids is 3. The van der Waals surface area contributed by atoms with Crippen molar-refractivity contribution in [3.05, 3.63) is 59.2 Å². The maximum absolute atomic E-state index is 14.2. The number of hydrogen-bond donors (Lipinski definition) is 3. The summed E-state index contributed by atoms with van der Waals surface area (Å²) >= 11 is 0.